The maximum absolute atomic E-state index is 12.3. The van der Waals surface area contributed by atoms with Crippen LogP contribution in [0.25, 0.3) is 0 Å². The molecule has 1 unspecified atom stereocenters. The van der Waals surface area contributed by atoms with Gasteiger partial charge >= 0.3 is 0 Å². The molecule has 132 valence electrons. The summed E-state index contributed by atoms with van der Waals surface area (Å²) in [6.45, 7) is 5.24. The molecule has 2 fully saturated rings. The molecule has 2 aliphatic rings. The maximum atomic E-state index is 12.3. The summed E-state index contributed by atoms with van der Waals surface area (Å²) in [6.07, 6.45) is 2.89. The highest BCUT2D eigenvalue weighted by Gasteiger charge is 2.36. The molecular weight excluding hydrogens is 318 g/mol. The third-order valence-corrected chi connectivity index (χ3v) is 4.63. The molecular formula is C19H23N3O3. The summed E-state index contributed by atoms with van der Waals surface area (Å²) in [4.78, 5) is 18.7. The molecule has 1 saturated carbocycles. The van der Waals surface area contributed by atoms with Crippen LogP contribution in [-0.2, 0) is 11.3 Å². The SMILES string of the molecule is CC(C)Oc1ccc(CN2CC(c3nc(C4CC4)no3)CC2=O)cc1. The van der Waals surface area contributed by atoms with E-state index in [1.54, 1.807) is 0 Å². The van der Waals surface area contributed by atoms with E-state index in [1.165, 1.54) is 0 Å². The van der Waals surface area contributed by atoms with Gasteiger partial charge in [-0.15, -0.1) is 0 Å². The van der Waals surface area contributed by atoms with E-state index in [0.29, 0.717) is 31.3 Å². The molecule has 2 aromatic rings. The van der Waals surface area contributed by atoms with Crippen molar-refractivity contribution in [2.45, 2.75) is 57.6 Å². The second-order valence-corrected chi connectivity index (χ2v) is 7.25. The number of benzene rings is 1. The predicted octanol–water partition coefficient (Wildman–Crippen LogP) is 3.25. The van der Waals surface area contributed by atoms with Gasteiger partial charge < -0.3 is 14.2 Å². The number of nitrogens with zero attached hydrogens (tertiary/aromatic N) is 3. The van der Waals surface area contributed by atoms with Crippen molar-refractivity contribution >= 4 is 5.91 Å². The minimum Gasteiger partial charge on any atom is -0.491 e. The molecule has 1 amide bonds. The highest BCUT2D eigenvalue weighted by atomic mass is 16.5. The number of ether oxygens (including phenoxy) is 1. The average Bonchev–Trinajstić information content (AvgIpc) is 3.20. The Hall–Kier alpha value is -2.37. The van der Waals surface area contributed by atoms with Crippen molar-refractivity contribution < 1.29 is 14.1 Å². The number of amides is 1. The van der Waals surface area contributed by atoms with Crippen LogP contribution in [0.15, 0.2) is 28.8 Å². The van der Waals surface area contributed by atoms with Gasteiger partial charge in [-0.25, -0.2) is 0 Å². The van der Waals surface area contributed by atoms with Crippen molar-refractivity contribution in [1.82, 2.24) is 15.0 Å². The summed E-state index contributed by atoms with van der Waals surface area (Å²) in [5, 5.41) is 4.06. The first-order valence-corrected chi connectivity index (χ1v) is 8.95. The Morgan fingerprint density at radius 2 is 2.00 bits per heavy atom. The molecule has 2 heterocycles. The summed E-state index contributed by atoms with van der Waals surface area (Å²) >= 11 is 0. The molecule has 1 aliphatic carbocycles. The fourth-order valence-corrected chi connectivity index (χ4v) is 3.18. The van der Waals surface area contributed by atoms with Crippen LogP contribution < -0.4 is 4.74 Å². The Morgan fingerprint density at radius 3 is 2.68 bits per heavy atom. The first-order valence-electron chi connectivity index (χ1n) is 8.95. The largest absolute Gasteiger partial charge is 0.491 e. The highest BCUT2D eigenvalue weighted by molar-refractivity contribution is 5.79. The summed E-state index contributed by atoms with van der Waals surface area (Å²) < 4.78 is 11.0. The van der Waals surface area contributed by atoms with Gasteiger partial charge in [0.2, 0.25) is 11.8 Å². The standard InChI is InChI=1S/C19H23N3O3/c1-12(2)24-16-7-3-13(4-8-16)10-22-11-15(9-17(22)23)19-20-18(21-25-19)14-5-6-14/h3-4,7-8,12,14-15H,5-6,9-11H2,1-2H3. The molecule has 1 atom stereocenters. The van der Waals surface area contributed by atoms with Gasteiger partial charge in [-0.1, -0.05) is 17.3 Å². The molecule has 0 bridgehead atoms. The number of likely N-dealkylation sites (tertiary alicyclic amines) is 1. The zero-order chi connectivity index (χ0) is 17.4. The fourth-order valence-electron chi connectivity index (χ4n) is 3.18. The van der Waals surface area contributed by atoms with E-state index in [9.17, 15) is 4.79 Å². The summed E-state index contributed by atoms with van der Waals surface area (Å²) in [5.74, 6) is 2.88. The van der Waals surface area contributed by atoms with Crippen molar-refractivity contribution in [1.29, 1.82) is 0 Å². The number of hydrogen-bond acceptors (Lipinski definition) is 5. The molecule has 25 heavy (non-hydrogen) atoms. The van der Waals surface area contributed by atoms with Gasteiger partial charge in [-0.3, -0.25) is 4.79 Å². The minimum atomic E-state index is 0.0102. The molecule has 0 radical (unpaired) electrons. The lowest BCUT2D eigenvalue weighted by Gasteiger charge is -2.16. The Kier molecular flexibility index (Phi) is 4.19. The summed E-state index contributed by atoms with van der Waals surface area (Å²) in [6, 6.07) is 7.92. The molecule has 4 rings (SSSR count). The monoisotopic (exact) mass is 341 g/mol. The van der Waals surface area contributed by atoms with Crippen LogP contribution in [0.3, 0.4) is 0 Å². The minimum absolute atomic E-state index is 0.0102. The van der Waals surface area contributed by atoms with Gasteiger partial charge in [0.15, 0.2) is 5.82 Å². The zero-order valence-corrected chi connectivity index (χ0v) is 14.6. The lowest BCUT2D eigenvalue weighted by Crippen LogP contribution is -2.24. The topological polar surface area (TPSA) is 68.5 Å². The van der Waals surface area contributed by atoms with E-state index < -0.39 is 0 Å². The average molecular weight is 341 g/mol. The zero-order valence-electron chi connectivity index (χ0n) is 14.6. The smallest absolute Gasteiger partial charge is 0.232 e. The third kappa shape index (κ3) is 3.67. The number of carbonyl (C=O) groups is 1. The van der Waals surface area contributed by atoms with E-state index in [0.717, 1.165) is 30.0 Å². The van der Waals surface area contributed by atoms with Gasteiger partial charge in [0.1, 0.15) is 5.75 Å². The van der Waals surface area contributed by atoms with Crippen LogP contribution in [0, 0.1) is 0 Å². The van der Waals surface area contributed by atoms with Crippen LogP contribution >= 0.6 is 0 Å². The van der Waals surface area contributed by atoms with Gasteiger partial charge in [0.25, 0.3) is 0 Å². The number of hydrogen-bond donors (Lipinski definition) is 0. The number of carbonyl (C=O) groups excluding carboxylic acids is 1. The van der Waals surface area contributed by atoms with Crippen molar-refractivity contribution in [3.63, 3.8) is 0 Å². The maximum Gasteiger partial charge on any atom is 0.232 e. The van der Waals surface area contributed by atoms with Crippen LogP contribution in [0.1, 0.15) is 62.2 Å². The Morgan fingerprint density at radius 1 is 1.24 bits per heavy atom. The van der Waals surface area contributed by atoms with Crippen molar-refractivity contribution in [2.24, 2.45) is 0 Å². The van der Waals surface area contributed by atoms with E-state index >= 15 is 0 Å². The van der Waals surface area contributed by atoms with Crippen molar-refractivity contribution in [3.05, 3.63) is 41.5 Å². The lowest BCUT2D eigenvalue weighted by atomic mass is 10.1. The first kappa shape index (κ1) is 16.1. The van der Waals surface area contributed by atoms with Gasteiger partial charge in [-0.2, -0.15) is 4.98 Å². The van der Waals surface area contributed by atoms with Crippen LogP contribution in [0.4, 0.5) is 0 Å². The molecule has 1 saturated heterocycles. The second kappa shape index (κ2) is 6.50. The molecule has 1 aliphatic heterocycles. The Bertz CT molecular complexity index is 750. The van der Waals surface area contributed by atoms with Gasteiger partial charge in [0, 0.05) is 25.4 Å². The van der Waals surface area contributed by atoms with Crippen LogP contribution in [-0.4, -0.2) is 33.6 Å². The molecule has 1 aromatic carbocycles. The van der Waals surface area contributed by atoms with E-state index in [1.807, 2.05) is 43.0 Å². The molecule has 6 nitrogen and oxygen atoms in total. The first-order chi connectivity index (χ1) is 12.1. The van der Waals surface area contributed by atoms with E-state index in [-0.39, 0.29) is 17.9 Å². The summed E-state index contributed by atoms with van der Waals surface area (Å²) in [7, 11) is 0. The highest BCUT2D eigenvalue weighted by Crippen LogP contribution is 2.39. The van der Waals surface area contributed by atoms with Gasteiger partial charge in [-0.05, 0) is 44.4 Å². The predicted molar refractivity (Wildman–Crippen MR) is 91.3 cm³/mol. The second-order valence-electron chi connectivity index (χ2n) is 7.25. The Labute approximate surface area is 147 Å². The normalized spacial score (nSPS) is 20.5. The molecule has 0 spiro atoms. The summed E-state index contributed by atoms with van der Waals surface area (Å²) in [5.41, 5.74) is 1.09. The number of rotatable bonds is 6. The molecule has 1 aromatic heterocycles. The number of aromatic nitrogens is 2. The molecule has 0 N–H and O–H groups in total. The van der Waals surface area contributed by atoms with Gasteiger partial charge in [0.05, 0.1) is 12.0 Å². The van der Waals surface area contributed by atoms with E-state index in [2.05, 4.69) is 10.1 Å². The fraction of sp³-hybridized carbons (Fsp3) is 0.526. The quantitative estimate of drug-likeness (QED) is 0.807. The van der Waals surface area contributed by atoms with Crippen LogP contribution in [0.2, 0.25) is 0 Å². The van der Waals surface area contributed by atoms with Crippen molar-refractivity contribution in [2.75, 3.05) is 6.54 Å². The van der Waals surface area contributed by atoms with E-state index in [4.69, 9.17) is 9.26 Å². The lowest BCUT2D eigenvalue weighted by molar-refractivity contribution is -0.128. The van der Waals surface area contributed by atoms with Crippen LogP contribution in [0.5, 0.6) is 5.75 Å². The molecule has 6 heteroatoms. The Balaban J connectivity index is 1.38. The third-order valence-electron chi connectivity index (χ3n) is 4.63. The van der Waals surface area contributed by atoms with Crippen molar-refractivity contribution in [3.8, 4) is 5.75 Å².